The molecule has 0 saturated carbocycles. The molecular weight excluding hydrogens is 396 g/mol. The fourth-order valence-electron chi connectivity index (χ4n) is 4.13. The molecule has 0 unspecified atom stereocenters. The molecule has 1 amide bonds. The molecule has 5 nitrogen and oxygen atoms in total. The normalized spacial score (nSPS) is 17.6. The van der Waals surface area contributed by atoms with Gasteiger partial charge in [0.15, 0.2) is 0 Å². The Morgan fingerprint density at radius 2 is 1.90 bits per heavy atom. The summed E-state index contributed by atoms with van der Waals surface area (Å²) in [6.45, 7) is 8.05. The third kappa shape index (κ3) is 4.69. The summed E-state index contributed by atoms with van der Waals surface area (Å²) in [6, 6.07) is 11.7. The summed E-state index contributed by atoms with van der Waals surface area (Å²) >= 11 is 6.53. The number of hydrogen-bond acceptors (Lipinski definition) is 4. The number of hydrogen-bond donors (Lipinski definition) is 2. The first-order valence-corrected chi connectivity index (χ1v) is 10.9. The van der Waals surface area contributed by atoms with Crippen LogP contribution in [0.2, 0.25) is 5.02 Å². The summed E-state index contributed by atoms with van der Waals surface area (Å²) in [7, 11) is 2.11. The van der Waals surface area contributed by atoms with Crippen LogP contribution in [0.5, 0.6) is 0 Å². The fourth-order valence-corrected chi connectivity index (χ4v) is 4.43. The lowest BCUT2D eigenvalue weighted by molar-refractivity contribution is 0.102. The van der Waals surface area contributed by atoms with Crippen LogP contribution in [0.4, 0.5) is 11.4 Å². The first-order chi connectivity index (χ1) is 14.5. The Kier molecular flexibility index (Phi) is 6.42. The second kappa shape index (κ2) is 9.21. The van der Waals surface area contributed by atoms with Gasteiger partial charge in [-0.1, -0.05) is 23.7 Å². The van der Waals surface area contributed by atoms with Crippen LogP contribution in [0, 0.1) is 6.92 Å². The van der Waals surface area contributed by atoms with Crippen LogP contribution in [0.15, 0.2) is 42.5 Å². The number of carbonyl (C=O) groups excluding carboxylic acids is 1. The van der Waals surface area contributed by atoms with Gasteiger partial charge in [-0.2, -0.15) is 0 Å². The lowest BCUT2D eigenvalue weighted by atomic mass is 9.98. The molecule has 0 aliphatic carbocycles. The van der Waals surface area contributed by atoms with E-state index in [1.54, 1.807) is 6.07 Å². The topological polar surface area (TPSA) is 47.6 Å². The molecular formula is C24H29ClN4O. The van der Waals surface area contributed by atoms with Gasteiger partial charge in [0.25, 0.3) is 5.91 Å². The van der Waals surface area contributed by atoms with E-state index >= 15 is 0 Å². The Morgan fingerprint density at radius 3 is 2.57 bits per heavy atom. The van der Waals surface area contributed by atoms with E-state index in [4.69, 9.17) is 11.6 Å². The van der Waals surface area contributed by atoms with Crippen molar-refractivity contribution in [3.05, 3.63) is 64.2 Å². The van der Waals surface area contributed by atoms with Crippen molar-refractivity contribution in [3.63, 3.8) is 0 Å². The van der Waals surface area contributed by atoms with Gasteiger partial charge in [0.05, 0.1) is 0 Å². The van der Waals surface area contributed by atoms with Crippen molar-refractivity contribution in [2.75, 3.05) is 56.5 Å². The lowest BCUT2D eigenvalue weighted by Gasteiger charge is -2.30. The number of carbonyl (C=O) groups is 1. The molecule has 1 saturated heterocycles. The summed E-state index contributed by atoms with van der Waals surface area (Å²) < 4.78 is 0. The van der Waals surface area contributed by atoms with Crippen molar-refractivity contribution in [1.29, 1.82) is 0 Å². The van der Waals surface area contributed by atoms with E-state index in [0.29, 0.717) is 10.6 Å². The first-order valence-electron chi connectivity index (χ1n) is 10.6. The fraction of sp³-hybridized carbons (Fsp3) is 0.375. The Bertz CT molecular complexity index is 966. The SMILES string of the molecule is Cc1cc(NC(=O)c2ccc(C3=CCN(C)CC3)c(Cl)c2)ccc1N1CCNCC1. The third-order valence-electron chi connectivity index (χ3n) is 5.90. The summed E-state index contributed by atoms with van der Waals surface area (Å²) in [5.74, 6) is -0.143. The van der Waals surface area contributed by atoms with Gasteiger partial charge in [0.2, 0.25) is 0 Å². The molecule has 6 heteroatoms. The second-order valence-corrected chi connectivity index (χ2v) is 8.54. The highest BCUT2D eigenvalue weighted by atomic mass is 35.5. The molecule has 2 aromatic carbocycles. The molecule has 0 spiro atoms. The molecule has 4 rings (SSSR count). The molecule has 0 bridgehead atoms. The van der Waals surface area contributed by atoms with Gasteiger partial charge in [-0.15, -0.1) is 0 Å². The van der Waals surface area contributed by atoms with Crippen LogP contribution in [-0.2, 0) is 0 Å². The molecule has 2 aliphatic heterocycles. The summed E-state index contributed by atoms with van der Waals surface area (Å²) in [4.78, 5) is 17.4. The summed E-state index contributed by atoms with van der Waals surface area (Å²) in [5, 5.41) is 7.02. The van der Waals surface area contributed by atoms with Gasteiger partial charge in [-0.25, -0.2) is 0 Å². The minimum Gasteiger partial charge on any atom is -0.369 e. The average Bonchev–Trinajstić information content (AvgIpc) is 2.75. The zero-order chi connectivity index (χ0) is 21.1. The zero-order valence-corrected chi connectivity index (χ0v) is 18.4. The molecule has 2 N–H and O–H groups in total. The van der Waals surface area contributed by atoms with Gasteiger partial charge in [0.1, 0.15) is 0 Å². The Morgan fingerprint density at radius 1 is 1.10 bits per heavy atom. The number of rotatable bonds is 4. The smallest absolute Gasteiger partial charge is 0.255 e. The molecule has 2 aromatic rings. The van der Waals surface area contributed by atoms with E-state index < -0.39 is 0 Å². The van der Waals surface area contributed by atoms with E-state index in [2.05, 4.69) is 46.5 Å². The molecule has 0 aromatic heterocycles. The first kappa shape index (κ1) is 20.9. The number of piperazine rings is 1. The van der Waals surface area contributed by atoms with Crippen LogP contribution in [-0.4, -0.2) is 57.1 Å². The molecule has 1 fully saturated rings. The Balaban J connectivity index is 1.46. The lowest BCUT2D eigenvalue weighted by Crippen LogP contribution is -2.43. The minimum absolute atomic E-state index is 0.143. The van der Waals surface area contributed by atoms with Crippen LogP contribution in [0.3, 0.4) is 0 Å². The van der Waals surface area contributed by atoms with E-state index in [9.17, 15) is 4.79 Å². The number of benzene rings is 2. The van der Waals surface area contributed by atoms with Crippen LogP contribution in [0.25, 0.3) is 5.57 Å². The number of amides is 1. The monoisotopic (exact) mass is 424 g/mol. The van der Waals surface area contributed by atoms with E-state index in [1.807, 2.05) is 24.3 Å². The van der Waals surface area contributed by atoms with Crippen molar-refractivity contribution < 1.29 is 4.79 Å². The van der Waals surface area contributed by atoms with Crippen LogP contribution >= 0.6 is 11.6 Å². The summed E-state index contributed by atoms with van der Waals surface area (Å²) in [5.41, 5.74) is 6.04. The zero-order valence-electron chi connectivity index (χ0n) is 17.7. The number of anilines is 2. The maximum atomic E-state index is 12.8. The Labute approximate surface area is 183 Å². The van der Waals surface area contributed by atoms with Gasteiger partial charge < -0.3 is 20.4 Å². The molecule has 30 heavy (non-hydrogen) atoms. The van der Waals surface area contributed by atoms with E-state index in [1.165, 1.54) is 11.3 Å². The van der Waals surface area contributed by atoms with Gasteiger partial charge in [-0.3, -0.25) is 4.79 Å². The van der Waals surface area contributed by atoms with Gasteiger partial charge >= 0.3 is 0 Å². The number of likely N-dealkylation sites (N-methyl/N-ethyl adjacent to an activating group) is 1. The van der Waals surface area contributed by atoms with Crippen molar-refractivity contribution in [2.45, 2.75) is 13.3 Å². The largest absolute Gasteiger partial charge is 0.369 e. The molecule has 2 heterocycles. The molecule has 0 radical (unpaired) electrons. The minimum atomic E-state index is -0.143. The van der Waals surface area contributed by atoms with Crippen molar-refractivity contribution in [3.8, 4) is 0 Å². The van der Waals surface area contributed by atoms with Crippen LogP contribution < -0.4 is 15.5 Å². The number of halogens is 1. The molecule has 0 atom stereocenters. The Hall–Kier alpha value is -2.34. The van der Waals surface area contributed by atoms with Crippen molar-refractivity contribution in [1.82, 2.24) is 10.2 Å². The predicted molar refractivity (Wildman–Crippen MR) is 126 cm³/mol. The summed E-state index contributed by atoms with van der Waals surface area (Å²) in [6.07, 6.45) is 3.19. The molecule has 158 valence electrons. The van der Waals surface area contributed by atoms with E-state index in [0.717, 1.165) is 62.5 Å². The van der Waals surface area contributed by atoms with Crippen molar-refractivity contribution >= 4 is 34.5 Å². The maximum absolute atomic E-state index is 12.8. The highest BCUT2D eigenvalue weighted by Crippen LogP contribution is 2.30. The van der Waals surface area contributed by atoms with Gasteiger partial charge in [0, 0.05) is 61.2 Å². The average molecular weight is 425 g/mol. The predicted octanol–water partition coefficient (Wildman–Crippen LogP) is 4.03. The van der Waals surface area contributed by atoms with Gasteiger partial charge in [-0.05, 0) is 67.4 Å². The molecule has 2 aliphatic rings. The number of nitrogens with one attached hydrogen (secondary N) is 2. The van der Waals surface area contributed by atoms with E-state index in [-0.39, 0.29) is 5.91 Å². The highest BCUT2D eigenvalue weighted by Gasteiger charge is 2.16. The standard InChI is InChI=1S/C24H29ClN4O/c1-17-15-20(4-6-23(17)29-13-9-26-10-14-29)27-24(30)19-3-5-21(22(25)16-19)18-7-11-28(2)12-8-18/h3-7,15-16,26H,8-14H2,1-2H3,(H,27,30). The second-order valence-electron chi connectivity index (χ2n) is 8.13. The van der Waals surface area contributed by atoms with Crippen molar-refractivity contribution in [2.24, 2.45) is 0 Å². The number of nitrogens with zero attached hydrogens (tertiary/aromatic N) is 2. The quantitative estimate of drug-likeness (QED) is 0.778. The third-order valence-corrected chi connectivity index (χ3v) is 6.21. The maximum Gasteiger partial charge on any atom is 0.255 e. The number of aryl methyl sites for hydroxylation is 1. The highest BCUT2D eigenvalue weighted by molar-refractivity contribution is 6.32. The van der Waals surface area contributed by atoms with Crippen LogP contribution in [0.1, 0.15) is 27.9 Å².